The Kier molecular flexibility index (Phi) is 2.73. The van der Waals surface area contributed by atoms with Crippen LogP contribution in [0.4, 0.5) is 10.2 Å². The Morgan fingerprint density at radius 3 is 2.80 bits per heavy atom. The molecule has 0 spiro atoms. The first-order chi connectivity index (χ1) is 7.13. The Morgan fingerprint density at radius 1 is 1.40 bits per heavy atom. The van der Waals surface area contributed by atoms with E-state index in [2.05, 4.69) is 21.0 Å². The topological polar surface area (TPSA) is 43.8 Å². The molecule has 2 aromatic rings. The van der Waals surface area contributed by atoms with Gasteiger partial charge >= 0.3 is 0 Å². The summed E-state index contributed by atoms with van der Waals surface area (Å²) >= 11 is 3.24. The van der Waals surface area contributed by atoms with Gasteiger partial charge in [0.1, 0.15) is 11.6 Å². The second-order valence-electron chi connectivity index (χ2n) is 3.22. The van der Waals surface area contributed by atoms with E-state index in [9.17, 15) is 4.39 Å². The van der Waals surface area contributed by atoms with E-state index in [0.29, 0.717) is 12.4 Å². The summed E-state index contributed by atoms with van der Waals surface area (Å²) < 4.78 is 15.4. The normalized spacial score (nSPS) is 10.5. The third kappa shape index (κ3) is 2.56. The van der Waals surface area contributed by atoms with Crippen LogP contribution in [0.2, 0.25) is 0 Å². The quantitative estimate of drug-likeness (QED) is 0.910. The highest BCUT2D eigenvalue weighted by Crippen LogP contribution is 2.15. The lowest BCUT2D eigenvalue weighted by Crippen LogP contribution is -2.01. The molecule has 2 N–H and O–H groups in total. The minimum Gasteiger partial charge on any atom is -0.382 e. The predicted molar refractivity (Wildman–Crippen MR) is 59.8 cm³/mol. The molecular weight excluding hydrogens is 261 g/mol. The molecule has 0 amide bonds. The highest BCUT2D eigenvalue weighted by Gasteiger charge is 2.01. The molecule has 0 saturated carbocycles. The summed E-state index contributed by atoms with van der Waals surface area (Å²) in [5, 5.41) is 4.02. The van der Waals surface area contributed by atoms with Crippen molar-refractivity contribution in [2.75, 3.05) is 5.73 Å². The summed E-state index contributed by atoms with van der Waals surface area (Å²) in [5.74, 6) is 0.199. The van der Waals surface area contributed by atoms with Gasteiger partial charge in [-0.2, -0.15) is 5.10 Å². The number of hydrogen-bond acceptors (Lipinski definition) is 2. The van der Waals surface area contributed by atoms with Gasteiger partial charge in [-0.15, -0.1) is 0 Å². The molecule has 0 atom stereocenters. The number of nitrogens with zero attached hydrogens (tertiary/aromatic N) is 2. The Hall–Kier alpha value is -1.36. The molecule has 3 nitrogen and oxygen atoms in total. The first-order valence-electron chi connectivity index (χ1n) is 4.37. The van der Waals surface area contributed by atoms with Crippen LogP contribution in [0.15, 0.2) is 34.9 Å². The Balaban J connectivity index is 2.24. The maximum atomic E-state index is 13.1. The fraction of sp³-hybridized carbons (Fsp3) is 0.100. The predicted octanol–water partition coefficient (Wildman–Crippen LogP) is 2.42. The third-order valence-corrected chi connectivity index (χ3v) is 2.39. The van der Waals surface area contributed by atoms with Gasteiger partial charge in [-0.05, 0) is 29.8 Å². The van der Waals surface area contributed by atoms with Crippen molar-refractivity contribution < 1.29 is 4.39 Å². The summed E-state index contributed by atoms with van der Waals surface area (Å²) in [6, 6.07) is 6.44. The van der Waals surface area contributed by atoms with E-state index in [1.165, 1.54) is 12.1 Å². The van der Waals surface area contributed by atoms with E-state index in [0.717, 1.165) is 10.0 Å². The standard InChI is InChI=1S/C10H9BrFN3/c11-8-3-7(4-9(12)5-8)6-15-2-1-10(13)14-15/h1-5H,6H2,(H2,13,14). The van der Waals surface area contributed by atoms with Crippen LogP contribution in [-0.4, -0.2) is 9.78 Å². The van der Waals surface area contributed by atoms with E-state index in [-0.39, 0.29) is 5.82 Å². The first-order valence-corrected chi connectivity index (χ1v) is 5.17. The molecule has 2 rings (SSSR count). The van der Waals surface area contributed by atoms with Gasteiger partial charge in [0.15, 0.2) is 0 Å². The van der Waals surface area contributed by atoms with Gasteiger partial charge in [-0.1, -0.05) is 15.9 Å². The van der Waals surface area contributed by atoms with E-state index in [1.807, 2.05) is 6.07 Å². The van der Waals surface area contributed by atoms with E-state index < -0.39 is 0 Å². The monoisotopic (exact) mass is 269 g/mol. The van der Waals surface area contributed by atoms with Crippen molar-refractivity contribution in [1.29, 1.82) is 0 Å². The zero-order valence-corrected chi connectivity index (χ0v) is 9.41. The number of anilines is 1. The van der Waals surface area contributed by atoms with Crippen LogP contribution < -0.4 is 5.73 Å². The molecular formula is C10H9BrFN3. The van der Waals surface area contributed by atoms with Crippen LogP contribution in [0, 0.1) is 5.82 Å². The van der Waals surface area contributed by atoms with Crippen molar-refractivity contribution in [3.63, 3.8) is 0 Å². The van der Waals surface area contributed by atoms with Gasteiger partial charge in [0.2, 0.25) is 0 Å². The highest BCUT2D eigenvalue weighted by atomic mass is 79.9. The lowest BCUT2D eigenvalue weighted by Gasteiger charge is -2.02. The summed E-state index contributed by atoms with van der Waals surface area (Å²) in [7, 11) is 0. The van der Waals surface area contributed by atoms with Crippen LogP contribution in [-0.2, 0) is 6.54 Å². The molecule has 0 bridgehead atoms. The van der Waals surface area contributed by atoms with E-state index in [1.54, 1.807) is 16.9 Å². The molecule has 0 aliphatic heterocycles. The van der Waals surface area contributed by atoms with Crippen LogP contribution in [0.3, 0.4) is 0 Å². The zero-order chi connectivity index (χ0) is 10.8. The second kappa shape index (κ2) is 4.02. The highest BCUT2D eigenvalue weighted by molar-refractivity contribution is 9.10. The summed E-state index contributed by atoms with van der Waals surface area (Å²) in [4.78, 5) is 0. The maximum absolute atomic E-state index is 13.1. The average molecular weight is 270 g/mol. The van der Waals surface area contributed by atoms with Gasteiger partial charge in [-0.25, -0.2) is 4.39 Å². The van der Waals surface area contributed by atoms with Crippen molar-refractivity contribution in [2.24, 2.45) is 0 Å². The summed E-state index contributed by atoms with van der Waals surface area (Å²) in [6.07, 6.45) is 1.76. The molecule has 5 heteroatoms. The number of nitrogen functional groups attached to an aromatic ring is 1. The molecule has 15 heavy (non-hydrogen) atoms. The van der Waals surface area contributed by atoms with Crippen LogP contribution in [0.1, 0.15) is 5.56 Å². The lowest BCUT2D eigenvalue weighted by molar-refractivity contribution is 0.618. The fourth-order valence-corrected chi connectivity index (χ4v) is 1.87. The SMILES string of the molecule is Nc1ccn(Cc2cc(F)cc(Br)c2)n1. The van der Waals surface area contributed by atoms with Crippen molar-refractivity contribution in [3.05, 3.63) is 46.3 Å². The minimum atomic E-state index is -0.264. The lowest BCUT2D eigenvalue weighted by atomic mass is 10.2. The van der Waals surface area contributed by atoms with Gasteiger partial charge < -0.3 is 5.73 Å². The van der Waals surface area contributed by atoms with Gasteiger partial charge in [-0.3, -0.25) is 4.68 Å². The summed E-state index contributed by atoms with van der Waals surface area (Å²) in [6.45, 7) is 0.508. The van der Waals surface area contributed by atoms with Crippen molar-refractivity contribution >= 4 is 21.7 Å². The summed E-state index contributed by atoms with van der Waals surface area (Å²) in [5.41, 5.74) is 6.31. The van der Waals surface area contributed by atoms with Crippen LogP contribution >= 0.6 is 15.9 Å². The van der Waals surface area contributed by atoms with Crippen molar-refractivity contribution in [1.82, 2.24) is 9.78 Å². The Bertz CT molecular complexity index is 461. The molecule has 0 unspecified atom stereocenters. The number of halogens is 2. The molecule has 0 aliphatic carbocycles. The number of hydrogen-bond donors (Lipinski definition) is 1. The fourth-order valence-electron chi connectivity index (χ4n) is 1.35. The third-order valence-electron chi connectivity index (χ3n) is 1.93. The van der Waals surface area contributed by atoms with Gasteiger partial charge in [0.25, 0.3) is 0 Å². The molecule has 0 saturated heterocycles. The van der Waals surface area contributed by atoms with Crippen LogP contribution in [0.25, 0.3) is 0 Å². The molecule has 0 aliphatic rings. The molecule has 0 radical (unpaired) electrons. The second-order valence-corrected chi connectivity index (χ2v) is 4.13. The van der Waals surface area contributed by atoms with Crippen LogP contribution in [0.5, 0.6) is 0 Å². The van der Waals surface area contributed by atoms with Gasteiger partial charge in [0.05, 0.1) is 6.54 Å². The molecule has 1 aromatic carbocycles. The Morgan fingerprint density at radius 2 is 2.20 bits per heavy atom. The molecule has 1 heterocycles. The zero-order valence-electron chi connectivity index (χ0n) is 7.82. The molecule has 78 valence electrons. The van der Waals surface area contributed by atoms with Crippen molar-refractivity contribution in [3.8, 4) is 0 Å². The largest absolute Gasteiger partial charge is 0.382 e. The number of nitrogens with two attached hydrogens (primary N) is 1. The number of rotatable bonds is 2. The maximum Gasteiger partial charge on any atom is 0.145 e. The number of benzene rings is 1. The van der Waals surface area contributed by atoms with E-state index in [4.69, 9.17) is 5.73 Å². The smallest absolute Gasteiger partial charge is 0.145 e. The first kappa shape index (κ1) is 10.2. The molecule has 1 aromatic heterocycles. The van der Waals surface area contributed by atoms with E-state index >= 15 is 0 Å². The minimum absolute atomic E-state index is 0.264. The Labute approximate surface area is 94.8 Å². The molecule has 0 fully saturated rings. The van der Waals surface area contributed by atoms with Crippen molar-refractivity contribution in [2.45, 2.75) is 6.54 Å². The van der Waals surface area contributed by atoms with Gasteiger partial charge in [0, 0.05) is 10.7 Å². The number of aromatic nitrogens is 2. The average Bonchev–Trinajstić information content (AvgIpc) is 2.49.